The molecule has 1 N–H and O–H groups in total. The molecule has 1 aliphatic rings. The molecular formula is C16H18ClN5O3. The van der Waals surface area contributed by atoms with Crippen molar-refractivity contribution in [3.63, 3.8) is 0 Å². The molecule has 1 amide bonds. The Balaban J connectivity index is 1.95. The van der Waals surface area contributed by atoms with Crippen molar-refractivity contribution in [1.29, 1.82) is 0 Å². The minimum Gasteiger partial charge on any atom is -0.481 e. The Morgan fingerprint density at radius 1 is 1.36 bits per heavy atom. The highest BCUT2D eigenvalue weighted by molar-refractivity contribution is 6.31. The smallest absolute Gasteiger partial charge is 0.311 e. The summed E-state index contributed by atoms with van der Waals surface area (Å²) in [5.74, 6) is -1.23. The minimum atomic E-state index is -0.927. The molecule has 0 radical (unpaired) electrons. The second-order valence-corrected chi connectivity index (χ2v) is 6.95. The number of carboxylic acids is 1. The fraction of sp³-hybridized carbons (Fsp3) is 0.438. The van der Waals surface area contributed by atoms with Gasteiger partial charge in [-0.15, -0.1) is 5.10 Å². The molecule has 1 aliphatic heterocycles. The van der Waals surface area contributed by atoms with Crippen LogP contribution in [0.25, 0.3) is 5.69 Å². The second kappa shape index (κ2) is 6.44. The molecule has 1 atom stereocenters. The van der Waals surface area contributed by atoms with E-state index in [0.717, 1.165) is 0 Å². The van der Waals surface area contributed by atoms with Gasteiger partial charge in [0.1, 0.15) is 6.33 Å². The average Bonchev–Trinajstić information content (AvgIpc) is 3.24. The molecule has 3 rings (SSSR count). The Hall–Kier alpha value is -2.48. The van der Waals surface area contributed by atoms with Gasteiger partial charge >= 0.3 is 5.97 Å². The maximum atomic E-state index is 13.0. The van der Waals surface area contributed by atoms with Crippen molar-refractivity contribution in [2.75, 3.05) is 13.1 Å². The van der Waals surface area contributed by atoms with Gasteiger partial charge in [-0.05, 0) is 41.0 Å². The normalized spacial score (nSPS) is 20.2. The lowest BCUT2D eigenvalue weighted by atomic mass is 9.76. The fourth-order valence-corrected chi connectivity index (χ4v) is 3.39. The van der Waals surface area contributed by atoms with Gasteiger partial charge in [0.25, 0.3) is 5.91 Å². The first kappa shape index (κ1) is 17.3. The van der Waals surface area contributed by atoms with Crippen LogP contribution < -0.4 is 0 Å². The third-order valence-corrected chi connectivity index (χ3v) is 5.14. The molecule has 0 bridgehead atoms. The summed E-state index contributed by atoms with van der Waals surface area (Å²) in [7, 11) is 0. The SMILES string of the molecule is CC(C)C1(C(=O)O)CCN(C(=O)c2cc(Cl)ccc2-n2cnnn2)C1. The fourth-order valence-electron chi connectivity index (χ4n) is 3.22. The molecule has 1 fully saturated rings. The zero-order valence-corrected chi connectivity index (χ0v) is 14.6. The predicted octanol–water partition coefficient (Wildman–Crippen LogP) is 1.89. The largest absolute Gasteiger partial charge is 0.481 e. The van der Waals surface area contributed by atoms with E-state index in [0.29, 0.717) is 29.2 Å². The van der Waals surface area contributed by atoms with Crippen molar-refractivity contribution in [1.82, 2.24) is 25.1 Å². The molecule has 0 saturated carbocycles. The van der Waals surface area contributed by atoms with Crippen molar-refractivity contribution in [3.8, 4) is 5.69 Å². The molecule has 0 spiro atoms. The Labute approximate surface area is 149 Å². The number of likely N-dealkylation sites (tertiary alicyclic amines) is 1. The molecule has 2 heterocycles. The summed E-state index contributed by atoms with van der Waals surface area (Å²) in [5, 5.41) is 21.1. The molecule has 1 saturated heterocycles. The molecule has 1 aromatic carbocycles. The number of halogens is 1. The highest BCUT2D eigenvalue weighted by Gasteiger charge is 2.48. The molecule has 2 aromatic rings. The van der Waals surface area contributed by atoms with E-state index in [1.807, 2.05) is 13.8 Å². The van der Waals surface area contributed by atoms with Crippen LogP contribution in [0.1, 0.15) is 30.6 Å². The standard InChI is InChI=1S/C16H18ClN5O3/c1-10(2)16(15(24)25)5-6-21(8-16)14(23)12-7-11(17)3-4-13(12)22-9-18-19-20-22/h3-4,7,9-10H,5-6,8H2,1-2H3,(H,24,25). The van der Waals surface area contributed by atoms with Crippen LogP contribution in [-0.4, -0.2) is 55.2 Å². The van der Waals surface area contributed by atoms with Crippen molar-refractivity contribution in [2.24, 2.45) is 11.3 Å². The van der Waals surface area contributed by atoms with Crippen LogP contribution in [0, 0.1) is 11.3 Å². The molecular weight excluding hydrogens is 346 g/mol. The van der Waals surface area contributed by atoms with Crippen LogP contribution in [0.4, 0.5) is 0 Å². The molecule has 8 nitrogen and oxygen atoms in total. The number of amides is 1. The number of aliphatic carboxylic acids is 1. The third-order valence-electron chi connectivity index (χ3n) is 4.90. The summed E-state index contributed by atoms with van der Waals surface area (Å²) < 4.78 is 1.38. The van der Waals surface area contributed by atoms with Gasteiger partial charge in [-0.25, -0.2) is 0 Å². The van der Waals surface area contributed by atoms with E-state index in [4.69, 9.17) is 11.6 Å². The molecule has 0 aliphatic carbocycles. The number of rotatable bonds is 4. The van der Waals surface area contributed by atoms with Crippen LogP contribution in [0.3, 0.4) is 0 Å². The van der Waals surface area contributed by atoms with Crippen LogP contribution in [0.15, 0.2) is 24.5 Å². The maximum absolute atomic E-state index is 13.0. The van der Waals surface area contributed by atoms with Gasteiger partial charge in [-0.1, -0.05) is 25.4 Å². The van der Waals surface area contributed by atoms with E-state index in [1.54, 1.807) is 23.1 Å². The van der Waals surface area contributed by atoms with E-state index in [1.165, 1.54) is 11.0 Å². The van der Waals surface area contributed by atoms with Crippen LogP contribution in [-0.2, 0) is 4.79 Å². The van der Waals surface area contributed by atoms with Gasteiger partial charge in [0, 0.05) is 18.1 Å². The lowest BCUT2D eigenvalue weighted by Crippen LogP contribution is -2.40. The highest BCUT2D eigenvalue weighted by Crippen LogP contribution is 2.39. The quantitative estimate of drug-likeness (QED) is 0.890. The minimum absolute atomic E-state index is 0.0823. The number of hydrogen-bond donors (Lipinski definition) is 1. The number of aromatic nitrogens is 4. The van der Waals surface area contributed by atoms with Crippen LogP contribution in [0.2, 0.25) is 5.02 Å². The summed E-state index contributed by atoms with van der Waals surface area (Å²) in [5.41, 5.74) is -0.0926. The van der Waals surface area contributed by atoms with Gasteiger partial charge in [-0.3, -0.25) is 9.59 Å². The summed E-state index contributed by atoms with van der Waals surface area (Å²) >= 11 is 6.06. The van der Waals surface area contributed by atoms with Gasteiger partial charge < -0.3 is 10.0 Å². The molecule has 1 aromatic heterocycles. The number of carboxylic acid groups (broad SMARTS) is 1. The first-order valence-corrected chi connectivity index (χ1v) is 8.28. The van der Waals surface area contributed by atoms with Crippen molar-refractivity contribution >= 4 is 23.5 Å². The predicted molar refractivity (Wildman–Crippen MR) is 89.6 cm³/mol. The molecule has 25 heavy (non-hydrogen) atoms. The van der Waals surface area contributed by atoms with Gasteiger partial charge in [0.2, 0.25) is 0 Å². The molecule has 9 heteroatoms. The lowest BCUT2D eigenvalue weighted by molar-refractivity contribution is -0.150. The zero-order valence-electron chi connectivity index (χ0n) is 13.9. The number of nitrogens with zero attached hydrogens (tertiary/aromatic N) is 5. The van der Waals surface area contributed by atoms with Crippen molar-refractivity contribution in [3.05, 3.63) is 35.1 Å². The van der Waals surface area contributed by atoms with E-state index < -0.39 is 11.4 Å². The van der Waals surface area contributed by atoms with Gasteiger partial charge in [-0.2, -0.15) is 4.68 Å². The molecule has 1 unspecified atom stereocenters. The zero-order chi connectivity index (χ0) is 18.2. The van der Waals surface area contributed by atoms with Crippen molar-refractivity contribution < 1.29 is 14.7 Å². The monoisotopic (exact) mass is 363 g/mol. The summed E-state index contributed by atoms with van der Waals surface area (Å²) in [6.45, 7) is 4.28. The maximum Gasteiger partial charge on any atom is 0.311 e. The third kappa shape index (κ3) is 2.97. The highest BCUT2D eigenvalue weighted by atomic mass is 35.5. The summed E-state index contributed by atoms with van der Waals surface area (Å²) in [6, 6.07) is 4.86. The van der Waals surface area contributed by atoms with E-state index in [-0.39, 0.29) is 18.4 Å². The number of carbonyl (C=O) groups excluding carboxylic acids is 1. The molecule has 132 valence electrons. The number of benzene rings is 1. The average molecular weight is 364 g/mol. The lowest BCUT2D eigenvalue weighted by Gasteiger charge is -2.28. The van der Waals surface area contributed by atoms with Crippen LogP contribution >= 0.6 is 11.6 Å². The number of tetrazole rings is 1. The Kier molecular flexibility index (Phi) is 4.47. The van der Waals surface area contributed by atoms with Crippen molar-refractivity contribution in [2.45, 2.75) is 20.3 Å². The van der Waals surface area contributed by atoms with Crippen LogP contribution in [0.5, 0.6) is 0 Å². The van der Waals surface area contributed by atoms with E-state index in [2.05, 4.69) is 15.5 Å². The first-order valence-electron chi connectivity index (χ1n) is 7.91. The summed E-state index contributed by atoms with van der Waals surface area (Å²) in [4.78, 5) is 26.4. The van der Waals surface area contributed by atoms with Gasteiger partial charge in [0.15, 0.2) is 0 Å². The second-order valence-electron chi connectivity index (χ2n) is 6.51. The summed E-state index contributed by atoms with van der Waals surface area (Å²) in [6.07, 6.45) is 1.81. The van der Waals surface area contributed by atoms with Gasteiger partial charge in [0.05, 0.1) is 16.7 Å². The topological polar surface area (TPSA) is 101 Å². The first-order chi connectivity index (χ1) is 11.8. The number of hydrogen-bond acceptors (Lipinski definition) is 5. The Morgan fingerprint density at radius 2 is 2.12 bits per heavy atom. The Bertz CT molecular complexity index is 808. The number of carbonyl (C=O) groups is 2. The van der Waals surface area contributed by atoms with E-state index >= 15 is 0 Å². The Morgan fingerprint density at radius 3 is 2.68 bits per heavy atom. The van der Waals surface area contributed by atoms with E-state index in [9.17, 15) is 14.7 Å².